The van der Waals surface area contributed by atoms with Crippen molar-refractivity contribution in [3.8, 4) is 0 Å². The molecule has 0 N–H and O–H groups in total. The topological polar surface area (TPSA) is 18.5 Å². The summed E-state index contributed by atoms with van der Waals surface area (Å²) in [5, 5.41) is 0. The summed E-state index contributed by atoms with van der Waals surface area (Å²) in [7, 11) is 3.70. The van der Waals surface area contributed by atoms with Gasteiger partial charge < -0.3 is 9.47 Å². The van der Waals surface area contributed by atoms with Crippen LogP contribution in [0, 0.1) is 11.8 Å². The molecule has 2 fully saturated rings. The lowest BCUT2D eigenvalue weighted by atomic mass is 9.69. The number of ether oxygens (including phenoxy) is 2. The monoisotopic (exact) mass is 198 g/mol. The van der Waals surface area contributed by atoms with Crippen LogP contribution in [0.25, 0.3) is 0 Å². The third-order valence-corrected chi connectivity index (χ3v) is 4.18. The molecule has 2 saturated carbocycles. The molecule has 0 amide bonds. The van der Waals surface area contributed by atoms with Gasteiger partial charge in [0.1, 0.15) is 0 Å². The van der Waals surface area contributed by atoms with Gasteiger partial charge in [0.05, 0.1) is 12.2 Å². The number of methoxy groups -OCH3 is 2. The Bertz CT molecular complexity index is 163. The Balaban J connectivity index is 1.90. The molecule has 2 heteroatoms. The second-order valence-electron chi connectivity index (χ2n) is 4.86. The van der Waals surface area contributed by atoms with E-state index in [1.807, 2.05) is 14.2 Å². The van der Waals surface area contributed by atoms with Crippen LogP contribution < -0.4 is 0 Å². The maximum Gasteiger partial charge on any atom is 0.0574 e. The maximum atomic E-state index is 5.47. The minimum atomic E-state index is 0.520. The molecule has 0 heterocycles. The zero-order valence-electron chi connectivity index (χ0n) is 9.37. The Labute approximate surface area is 87.0 Å². The molecule has 0 saturated heterocycles. The first-order chi connectivity index (χ1) is 6.83. The van der Waals surface area contributed by atoms with E-state index in [2.05, 4.69) is 0 Å². The van der Waals surface area contributed by atoms with Crippen LogP contribution in [0.2, 0.25) is 0 Å². The first-order valence-electron chi connectivity index (χ1n) is 5.89. The van der Waals surface area contributed by atoms with E-state index in [1.165, 1.54) is 38.5 Å². The second kappa shape index (κ2) is 4.63. The van der Waals surface area contributed by atoms with Crippen molar-refractivity contribution in [1.82, 2.24) is 0 Å². The van der Waals surface area contributed by atoms with Gasteiger partial charge in [0, 0.05) is 14.2 Å². The van der Waals surface area contributed by atoms with Gasteiger partial charge in [-0.1, -0.05) is 0 Å². The molecule has 2 unspecified atom stereocenters. The van der Waals surface area contributed by atoms with Gasteiger partial charge in [0.25, 0.3) is 0 Å². The van der Waals surface area contributed by atoms with Gasteiger partial charge in [-0.3, -0.25) is 0 Å². The summed E-state index contributed by atoms with van der Waals surface area (Å²) in [4.78, 5) is 0. The normalized spacial score (nSPS) is 43.3. The summed E-state index contributed by atoms with van der Waals surface area (Å²) in [6.45, 7) is 0. The smallest absolute Gasteiger partial charge is 0.0574 e. The SMILES string of the molecule is COC1CCC2CCC(OC)CC2C1. The molecule has 0 spiro atoms. The Morgan fingerprint density at radius 1 is 0.714 bits per heavy atom. The molecule has 82 valence electrons. The lowest BCUT2D eigenvalue weighted by Gasteiger charge is -2.41. The molecule has 2 aliphatic rings. The van der Waals surface area contributed by atoms with Crippen LogP contribution in [-0.2, 0) is 9.47 Å². The molecule has 0 bridgehead atoms. The van der Waals surface area contributed by atoms with Gasteiger partial charge in [-0.15, -0.1) is 0 Å². The molecule has 0 aromatic rings. The minimum absolute atomic E-state index is 0.520. The molecule has 2 aliphatic carbocycles. The molecule has 0 radical (unpaired) electrons. The quantitative estimate of drug-likeness (QED) is 0.679. The number of rotatable bonds is 2. The van der Waals surface area contributed by atoms with E-state index in [4.69, 9.17) is 9.47 Å². The Hall–Kier alpha value is -0.0800. The van der Waals surface area contributed by atoms with Crippen LogP contribution >= 0.6 is 0 Å². The van der Waals surface area contributed by atoms with Gasteiger partial charge in [0.15, 0.2) is 0 Å². The first-order valence-corrected chi connectivity index (χ1v) is 5.89. The van der Waals surface area contributed by atoms with Crippen molar-refractivity contribution in [2.24, 2.45) is 11.8 Å². The maximum absolute atomic E-state index is 5.47. The fourth-order valence-corrected chi connectivity index (χ4v) is 3.24. The van der Waals surface area contributed by atoms with Crippen LogP contribution in [-0.4, -0.2) is 26.4 Å². The summed E-state index contributed by atoms with van der Waals surface area (Å²) < 4.78 is 10.9. The van der Waals surface area contributed by atoms with Crippen LogP contribution in [0.3, 0.4) is 0 Å². The number of fused-ring (bicyclic) bond motifs is 1. The van der Waals surface area contributed by atoms with Gasteiger partial charge >= 0.3 is 0 Å². The number of hydrogen-bond donors (Lipinski definition) is 0. The van der Waals surface area contributed by atoms with E-state index in [9.17, 15) is 0 Å². The molecule has 0 aromatic carbocycles. The third kappa shape index (κ3) is 2.12. The van der Waals surface area contributed by atoms with E-state index in [0.29, 0.717) is 12.2 Å². The predicted octanol–water partition coefficient (Wildman–Crippen LogP) is 2.62. The van der Waals surface area contributed by atoms with Crippen LogP contribution in [0.1, 0.15) is 38.5 Å². The molecule has 0 aromatic heterocycles. The largest absolute Gasteiger partial charge is 0.381 e. The van der Waals surface area contributed by atoms with E-state index in [-0.39, 0.29) is 0 Å². The molecule has 2 nitrogen and oxygen atoms in total. The fourth-order valence-electron chi connectivity index (χ4n) is 3.24. The van der Waals surface area contributed by atoms with Gasteiger partial charge in [-0.05, 0) is 50.4 Å². The molecule has 0 aliphatic heterocycles. The zero-order valence-corrected chi connectivity index (χ0v) is 9.37. The van der Waals surface area contributed by atoms with Crippen LogP contribution in [0.5, 0.6) is 0 Å². The van der Waals surface area contributed by atoms with Crippen LogP contribution in [0.15, 0.2) is 0 Å². The summed E-state index contributed by atoms with van der Waals surface area (Å²) in [5.74, 6) is 1.83. The molecular formula is C12H22O2. The Kier molecular flexibility index (Phi) is 3.45. The standard InChI is InChI=1S/C12H22O2/c1-13-11-5-3-9-4-6-12(14-2)8-10(9)7-11/h9-12H,3-8H2,1-2H3. The van der Waals surface area contributed by atoms with Crippen molar-refractivity contribution >= 4 is 0 Å². The summed E-state index contributed by atoms with van der Waals surface area (Å²) in [5.41, 5.74) is 0. The Morgan fingerprint density at radius 2 is 1.21 bits per heavy atom. The third-order valence-electron chi connectivity index (χ3n) is 4.18. The molecule has 14 heavy (non-hydrogen) atoms. The predicted molar refractivity (Wildman–Crippen MR) is 56.3 cm³/mol. The van der Waals surface area contributed by atoms with Gasteiger partial charge in [-0.2, -0.15) is 0 Å². The highest BCUT2D eigenvalue weighted by Gasteiger charge is 2.35. The van der Waals surface area contributed by atoms with E-state index < -0.39 is 0 Å². The van der Waals surface area contributed by atoms with Crippen LogP contribution in [0.4, 0.5) is 0 Å². The fraction of sp³-hybridized carbons (Fsp3) is 1.00. The van der Waals surface area contributed by atoms with Crippen molar-refractivity contribution in [1.29, 1.82) is 0 Å². The van der Waals surface area contributed by atoms with E-state index >= 15 is 0 Å². The van der Waals surface area contributed by atoms with Crippen molar-refractivity contribution in [2.75, 3.05) is 14.2 Å². The van der Waals surface area contributed by atoms with Crippen molar-refractivity contribution in [2.45, 2.75) is 50.7 Å². The van der Waals surface area contributed by atoms with Crippen molar-refractivity contribution in [3.63, 3.8) is 0 Å². The van der Waals surface area contributed by atoms with E-state index in [1.54, 1.807) is 0 Å². The van der Waals surface area contributed by atoms with E-state index in [0.717, 1.165) is 11.8 Å². The van der Waals surface area contributed by atoms with Gasteiger partial charge in [0.2, 0.25) is 0 Å². The first kappa shape index (κ1) is 10.4. The number of hydrogen-bond acceptors (Lipinski definition) is 2. The lowest BCUT2D eigenvalue weighted by molar-refractivity contribution is -0.0271. The zero-order chi connectivity index (χ0) is 9.97. The minimum Gasteiger partial charge on any atom is -0.381 e. The second-order valence-corrected chi connectivity index (χ2v) is 4.86. The highest BCUT2D eigenvalue weighted by Crippen LogP contribution is 2.41. The molecular weight excluding hydrogens is 176 g/mol. The average Bonchev–Trinajstić information content (AvgIpc) is 2.27. The highest BCUT2D eigenvalue weighted by atomic mass is 16.5. The van der Waals surface area contributed by atoms with Crippen molar-refractivity contribution < 1.29 is 9.47 Å². The molecule has 2 rings (SSSR count). The van der Waals surface area contributed by atoms with Crippen molar-refractivity contribution in [3.05, 3.63) is 0 Å². The molecule has 2 atom stereocenters. The Morgan fingerprint density at radius 3 is 1.64 bits per heavy atom. The average molecular weight is 198 g/mol. The lowest BCUT2D eigenvalue weighted by Crippen LogP contribution is -2.36. The highest BCUT2D eigenvalue weighted by molar-refractivity contribution is 4.86. The van der Waals surface area contributed by atoms with Gasteiger partial charge in [-0.25, -0.2) is 0 Å². The summed E-state index contributed by atoms with van der Waals surface area (Å²) >= 11 is 0. The summed E-state index contributed by atoms with van der Waals surface area (Å²) in [6, 6.07) is 0. The summed E-state index contributed by atoms with van der Waals surface area (Å²) in [6.07, 6.45) is 8.87.